The normalized spacial score (nSPS) is 14.4. The van der Waals surface area contributed by atoms with E-state index in [4.69, 9.17) is 12.2 Å². The first-order valence-corrected chi connectivity index (χ1v) is 10.7. The number of thiocarbonyl (C=S) groups is 1. The van der Waals surface area contributed by atoms with Crippen LogP contribution in [0.2, 0.25) is 0 Å². The van der Waals surface area contributed by atoms with Crippen LogP contribution in [-0.4, -0.2) is 34.9 Å². The predicted molar refractivity (Wildman–Crippen MR) is 124 cm³/mol. The van der Waals surface area contributed by atoms with Crippen LogP contribution in [0.1, 0.15) is 40.5 Å². The number of hydrogen-bond acceptors (Lipinski definition) is 3. The van der Waals surface area contributed by atoms with Gasteiger partial charge in [-0.15, -0.1) is 0 Å². The second-order valence-corrected chi connectivity index (χ2v) is 8.63. The number of nitrogens with zero attached hydrogens (tertiary/aromatic N) is 1. The van der Waals surface area contributed by atoms with Crippen LogP contribution >= 0.6 is 34.8 Å². The summed E-state index contributed by atoms with van der Waals surface area (Å²) in [5.74, 6) is 0.431. The lowest BCUT2D eigenvalue weighted by Crippen LogP contribution is -2.38. The Hall–Kier alpha value is -2.00. The number of halogens is 1. The van der Waals surface area contributed by atoms with Gasteiger partial charge in [-0.3, -0.25) is 14.9 Å². The highest BCUT2D eigenvalue weighted by Gasteiger charge is 2.21. The number of hydrogen-bond donors (Lipinski definition) is 2. The molecule has 0 aliphatic carbocycles. The SMILES string of the molecule is CC1CCN(C(=O)c2cccc(NC(=S)NC(=O)c3cccc(I)c3)c2)CC1. The lowest BCUT2D eigenvalue weighted by atomic mass is 9.98. The molecule has 0 unspecified atom stereocenters. The van der Waals surface area contributed by atoms with Crippen molar-refractivity contribution in [3.63, 3.8) is 0 Å². The number of anilines is 1. The van der Waals surface area contributed by atoms with Crippen LogP contribution in [-0.2, 0) is 0 Å². The summed E-state index contributed by atoms with van der Waals surface area (Å²) in [7, 11) is 0. The molecule has 5 nitrogen and oxygen atoms in total. The predicted octanol–water partition coefficient (Wildman–Crippen LogP) is 4.29. The Bertz CT molecular complexity index is 895. The third-order valence-electron chi connectivity index (χ3n) is 4.75. The average molecular weight is 507 g/mol. The van der Waals surface area contributed by atoms with Crippen molar-refractivity contribution < 1.29 is 9.59 Å². The number of likely N-dealkylation sites (tertiary alicyclic amines) is 1. The second-order valence-electron chi connectivity index (χ2n) is 6.97. The summed E-state index contributed by atoms with van der Waals surface area (Å²) in [5, 5.41) is 5.86. The minimum absolute atomic E-state index is 0.0318. The molecule has 1 heterocycles. The third kappa shape index (κ3) is 5.51. The maximum Gasteiger partial charge on any atom is 0.257 e. The molecule has 1 saturated heterocycles. The zero-order valence-electron chi connectivity index (χ0n) is 15.6. The molecule has 28 heavy (non-hydrogen) atoms. The van der Waals surface area contributed by atoms with Gasteiger partial charge in [0.15, 0.2) is 5.11 Å². The molecule has 146 valence electrons. The van der Waals surface area contributed by atoms with Crippen LogP contribution in [0.5, 0.6) is 0 Å². The van der Waals surface area contributed by atoms with Crippen molar-refractivity contribution in [2.24, 2.45) is 5.92 Å². The van der Waals surface area contributed by atoms with Crippen LogP contribution in [0.3, 0.4) is 0 Å². The maximum absolute atomic E-state index is 12.7. The molecule has 0 atom stereocenters. The molecular formula is C21H22IN3O2S. The van der Waals surface area contributed by atoms with Gasteiger partial charge < -0.3 is 10.2 Å². The zero-order chi connectivity index (χ0) is 20.1. The summed E-state index contributed by atoms with van der Waals surface area (Å²) in [6.07, 6.45) is 2.08. The maximum atomic E-state index is 12.7. The molecule has 1 aliphatic rings. The van der Waals surface area contributed by atoms with Gasteiger partial charge in [0.1, 0.15) is 0 Å². The minimum atomic E-state index is -0.273. The molecule has 0 radical (unpaired) electrons. The van der Waals surface area contributed by atoms with Gasteiger partial charge in [0, 0.05) is 33.5 Å². The summed E-state index contributed by atoms with van der Waals surface area (Å²) in [5.41, 5.74) is 1.83. The molecule has 2 aromatic rings. The summed E-state index contributed by atoms with van der Waals surface area (Å²) in [6, 6.07) is 14.5. The Balaban J connectivity index is 1.61. The Morgan fingerprint density at radius 3 is 2.46 bits per heavy atom. The Morgan fingerprint density at radius 1 is 1.07 bits per heavy atom. The van der Waals surface area contributed by atoms with E-state index >= 15 is 0 Å². The van der Waals surface area contributed by atoms with E-state index in [0.717, 1.165) is 29.5 Å². The number of rotatable bonds is 3. The number of amides is 2. The quantitative estimate of drug-likeness (QED) is 0.481. The highest BCUT2D eigenvalue weighted by atomic mass is 127. The molecule has 1 aliphatic heterocycles. The minimum Gasteiger partial charge on any atom is -0.339 e. The van der Waals surface area contributed by atoms with E-state index < -0.39 is 0 Å². The number of nitrogens with one attached hydrogen (secondary N) is 2. The van der Waals surface area contributed by atoms with Gasteiger partial charge in [-0.05, 0) is 90.0 Å². The van der Waals surface area contributed by atoms with Crippen molar-refractivity contribution in [3.05, 3.63) is 63.2 Å². The van der Waals surface area contributed by atoms with Gasteiger partial charge in [0.05, 0.1) is 0 Å². The Morgan fingerprint density at radius 2 is 1.75 bits per heavy atom. The van der Waals surface area contributed by atoms with Crippen LogP contribution in [0, 0.1) is 9.49 Å². The topological polar surface area (TPSA) is 61.4 Å². The highest BCUT2D eigenvalue weighted by molar-refractivity contribution is 14.1. The van der Waals surface area contributed by atoms with E-state index in [2.05, 4.69) is 40.1 Å². The second kappa shape index (κ2) is 9.47. The molecule has 1 fully saturated rings. The number of carbonyl (C=O) groups is 2. The first-order chi connectivity index (χ1) is 13.4. The largest absolute Gasteiger partial charge is 0.339 e. The van der Waals surface area contributed by atoms with Crippen LogP contribution in [0.15, 0.2) is 48.5 Å². The monoisotopic (exact) mass is 507 g/mol. The van der Waals surface area contributed by atoms with Crippen molar-refractivity contribution in [2.45, 2.75) is 19.8 Å². The fourth-order valence-electron chi connectivity index (χ4n) is 3.09. The van der Waals surface area contributed by atoms with Crippen molar-refractivity contribution in [1.82, 2.24) is 10.2 Å². The lowest BCUT2D eigenvalue weighted by molar-refractivity contribution is 0.0697. The fraction of sp³-hybridized carbons (Fsp3) is 0.286. The standard InChI is InChI=1S/C21H22IN3O2S/c1-14-8-10-25(11-9-14)20(27)16-5-3-7-18(13-16)23-21(28)24-19(26)15-4-2-6-17(22)12-15/h2-7,12-14H,8-11H2,1H3,(H2,23,24,26,28). The Labute approximate surface area is 184 Å². The lowest BCUT2D eigenvalue weighted by Gasteiger charge is -2.30. The van der Waals surface area contributed by atoms with Crippen LogP contribution in [0.25, 0.3) is 0 Å². The molecule has 2 N–H and O–H groups in total. The fourth-order valence-corrected chi connectivity index (χ4v) is 3.85. The molecule has 0 saturated carbocycles. The molecule has 0 spiro atoms. The molecule has 7 heteroatoms. The van der Waals surface area contributed by atoms with E-state index in [1.54, 1.807) is 24.3 Å². The smallest absolute Gasteiger partial charge is 0.257 e. The summed E-state index contributed by atoms with van der Waals surface area (Å²) < 4.78 is 0.974. The molecule has 2 aromatic carbocycles. The molecule has 3 rings (SSSR count). The average Bonchev–Trinajstić information content (AvgIpc) is 2.68. The van der Waals surface area contributed by atoms with E-state index in [-0.39, 0.29) is 16.9 Å². The van der Waals surface area contributed by atoms with Gasteiger partial charge in [0.2, 0.25) is 0 Å². The van der Waals surface area contributed by atoms with Gasteiger partial charge in [-0.2, -0.15) is 0 Å². The van der Waals surface area contributed by atoms with E-state index in [1.807, 2.05) is 29.2 Å². The van der Waals surface area contributed by atoms with Crippen LogP contribution < -0.4 is 10.6 Å². The highest BCUT2D eigenvalue weighted by Crippen LogP contribution is 2.19. The first kappa shape index (κ1) is 20.7. The number of benzene rings is 2. The van der Waals surface area contributed by atoms with E-state index in [9.17, 15) is 9.59 Å². The third-order valence-corrected chi connectivity index (χ3v) is 5.63. The molecule has 0 aromatic heterocycles. The summed E-state index contributed by atoms with van der Waals surface area (Å²) in [6.45, 7) is 3.81. The Kier molecular flexibility index (Phi) is 7.01. The van der Waals surface area contributed by atoms with Crippen LogP contribution in [0.4, 0.5) is 5.69 Å². The zero-order valence-corrected chi connectivity index (χ0v) is 18.5. The van der Waals surface area contributed by atoms with Crippen molar-refractivity contribution in [2.75, 3.05) is 18.4 Å². The molecule has 0 bridgehead atoms. The molecule has 2 amide bonds. The van der Waals surface area contributed by atoms with Crippen molar-refractivity contribution >= 4 is 57.4 Å². The number of carbonyl (C=O) groups excluding carboxylic acids is 2. The van der Waals surface area contributed by atoms with E-state index in [1.165, 1.54) is 0 Å². The van der Waals surface area contributed by atoms with E-state index in [0.29, 0.717) is 22.7 Å². The van der Waals surface area contributed by atoms with Crippen molar-refractivity contribution in [1.29, 1.82) is 0 Å². The van der Waals surface area contributed by atoms with Gasteiger partial charge >= 0.3 is 0 Å². The number of piperidine rings is 1. The summed E-state index contributed by atoms with van der Waals surface area (Å²) in [4.78, 5) is 26.9. The van der Waals surface area contributed by atoms with Crippen molar-refractivity contribution in [3.8, 4) is 0 Å². The van der Waals surface area contributed by atoms with Gasteiger partial charge in [-0.25, -0.2) is 0 Å². The molecular weight excluding hydrogens is 485 g/mol. The summed E-state index contributed by atoms with van der Waals surface area (Å²) >= 11 is 7.41. The van der Waals surface area contributed by atoms with Gasteiger partial charge in [-0.1, -0.05) is 19.1 Å². The van der Waals surface area contributed by atoms with Gasteiger partial charge in [0.25, 0.3) is 11.8 Å². The first-order valence-electron chi connectivity index (χ1n) is 9.19.